The largest absolute Gasteiger partial charge is 0.420 e. The molecule has 1 aromatic heterocycles. The Morgan fingerprint density at radius 3 is 2.79 bits per heavy atom. The van der Waals surface area contributed by atoms with E-state index in [2.05, 4.69) is 10.5 Å². The number of aromatic nitrogens is 1. The highest BCUT2D eigenvalue weighted by Crippen LogP contribution is 2.14. The number of carbonyl (C=O) groups is 1. The summed E-state index contributed by atoms with van der Waals surface area (Å²) in [6.07, 6.45) is 1.49. The fourth-order valence-corrected chi connectivity index (χ4v) is 2.35. The molecule has 0 atom stereocenters. The molecule has 1 amide bonds. The van der Waals surface area contributed by atoms with Gasteiger partial charge in [0.05, 0.1) is 11.7 Å². The van der Waals surface area contributed by atoms with Gasteiger partial charge >= 0.3 is 5.76 Å². The van der Waals surface area contributed by atoms with Crippen LogP contribution in [0.5, 0.6) is 0 Å². The van der Waals surface area contributed by atoms with Crippen molar-refractivity contribution in [1.29, 1.82) is 0 Å². The van der Waals surface area contributed by atoms with E-state index >= 15 is 0 Å². The molecule has 7 heteroatoms. The van der Waals surface area contributed by atoms with E-state index in [4.69, 9.17) is 16.0 Å². The molecular weight excluding hydrogens is 330 g/mol. The molecule has 6 nitrogen and oxygen atoms in total. The highest BCUT2D eigenvalue weighted by Gasteiger charge is 2.12. The molecule has 0 aliphatic heterocycles. The minimum absolute atomic E-state index is 0.173. The summed E-state index contributed by atoms with van der Waals surface area (Å²) in [4.78, 5) is 23.9. The van der Waals surface area contributed by atoms with E-state index in [-0.39, 0.29) is 6.54 Å². The molecule has 3 rings (SSSR count). The van der Waals surface area contributed by atoms with Gasteiger partial charge < -0.3 is 4.42 Å². The quantitative estimate of drug-likeness (QED) is 0.584. The summed E-state index contributed by atoms with van der Waals surface area (Å²) in [7, 11) is 0. The first kappa shape index (κ1) is 16.0. The third kappa shape index (κ3) is 3.55. The van der Waals surface area contributed by atoms with Crippen LogP contribution < -0.4 is 11.2 Å². The number of oxazole rings is 1. The van der Waals surface area contributed by atoms with Crippen molar-refractivity contribution < 1.29 is 9.21 Å². The maximum atomic E-state index is 12.0. The van der Waals surface area contributed by atoms with Crippen LogP contribution in [0.4, 0.5) is 0 Å². The first-order valence-electron chi connectivity index (χ1n) is 7.20. The van der Waals surface area contributed by atoms with Crippen molar-refractivity contribution in [3.8, 4) is 0 Å². The predicted octanol–water partition coefficient (Wildman–Crippen LogP) is 2.71. The van der Waals surface area contributed by atoms with Crippen molar-refractivity contribution in [2.45, 2.75) is 13.5 Å². The second-order valence-corrected chi connectivity index (χ2v) is 5.71. The number of amides is 1. The van der Waals surface area contributed by atoms with Crippen LogP contribution in [0.2, 0.25) is 5.02 Å². The highest BCUT2D eigenvalue weighted by atomic mass is 35.5. The van der Waals surface area contributed by atoms with Gasteiger partial charge in [0.25, 0.3) is 5.91 Å². The van der Waals surface area contributed by atoms with E-state index in [0.717, 1.165) is 11.1 Å². The van der Waals surface area contributed by atoms with Gasteiger partial charge in [-0.05, 0) is 42.3 Å². The molecule has 122 valence electrons. The van der Waals surface area contributed by atoms with Gasteiger partial charge in [0.1, 0.15) is 6.54 Å². The van der Waals surface area contributed by atoms with Crippen molar-refractivity contribution in [3.63, 3.8) is 0 Å². The average Bonchev–Trinajstić information content (AvgIpc) is 2.85. The summed E-state index contributed by atoms with van der Waals surface area (Å²) in [6.45, 7) is 1.73. The third-order valence-electron chi connectivity index (χ3n) is 3.40. The zero-order valence-corrected chi connectivity index (χ0v) is 13.6. The maximum absolute atomic E-state index is 12.0. The molecule has 0 unspecified atom stereocenters. The number of hydrazone groups is 1. The zero-order valence-electron chi connectivity index (χ0n) is 12.8. The molecule has 0 bridgehead atoms. The first-order valence-corrected chi connectivity index (χ1v) is 7.58. The zero-order chi connectivity index (χ0) is 17.1. The topological polar surface area (TPSA) is 76.6 Å². The normalized spacial score (nSPS) is 11.2. The Balaban J connectivity index is 1.71. The van der Waals surface area contributed by atoms with Crippen LogP contribution in [0.25, 0.3) is 11.1 Å². The summed E-state index contributed by atoms with van der Waals surface area (Å²) in [5, 5.41) is 4.49. The Kier molecular flexibility index (Phi) is 4.48. The molecule has 1 N–H and O–H groups in total. The van der Waals surface area contributed by atoms with E-state index in [1.807, 2.05) is 13.0 Å². The number of nitrogens with one attached hydrogen (secondary N) is 1. The van der Waals surface area contributed by atoms with Crippen LogP contribution in [0, 0.1) is 6.92 Å². The predicted molar refractivity (Wildman–Crippen MR) is 92.4 cm³/mol. The lowest BCUT2D eigenvalue weighted by atomic mass is 10.2. The molecule has 0 fully saturated rings. The lowest BCUT2D eigenvalue weighted by molar-refractivity contribution is -0.121. The van der Waals surface area contributed by atoms with Crippen molar-refractivity contribution in [3.05, 3.63) is 69.2 Å². The van der Waals surface area contributed by atoms with Crippen molar-refractivity contribution in [2.75, 3.05) is 0 Å². The summed E-state index contributed by atoms with van der Waals surface area (Å²) in [5.41, 5.74) is 5.18. The fraction of sp³-hybridized carbons (Fsp3) is 0.118. The number of aryl methyl sites for hydroxylation is 1. The summed E-state index contributed by atoms with van der Waals surface area (Å²) < 4.78 is 6.39. The molecule has 2 aromatic carbocycles. The van der Waals surface area contributed by atoms with Gasteiger partial charge in [0, 0.05) is 5.02 Å². The summed E-state index contributed by atoms with van der Waals surface area (Å²) >= 11 is 5.79. The number of fused-ring (bicyclic) bond motifs is 1. The van der Waals surface area contributed by atoms with Gasteiger partial charge in [-0.3, -0.25) is 9.36 Å². The molecular formula is C17H14ClN3O3. The molecule has 24 heavy (non-hydrogen) atoms. The van der Waals surface area contributed by atoms with Crippen LogP contribution in [0.1, 0.15) is 11.1 Å². The number of benzene rings is 2. The van der Waals surface area contributed by atoms with E-state index < -0.39 is 11.7 Å². The molecule has 0 radical (unpaired) electrons. The Hall–Kier alpha value is -2.86. The van der Waals surface area contributed by atoms with Gasteiger partial charge in [-0.1, -0.05) is 29.8 Å². The molecule has 0 saturated heterocycles. The van der Waals surface area contributed by atoms with Crippen molar-refractivity contribution in [2.24, 2.45) is 5.10 Å². The number of nitrogens with zero attached hydrogens (tertiary/aromatic N) is 2. The van der Waals surface area contributed by atoms with Gasteiger partial charge in [0.2, 0.25) is 0 Å². The summed E-state index contributed by atoms with van der Waals surface area (Å²) in [5.74, 6) is -1.00. The van der Waals surface area contributed by atoms with E-state index in [9.17, 15) is 9.59 Å². The molecule has 0 aliphatic carbocycles. The van der Waals surface area contributed by atoms with Crippen LogP contribution >= 0.6 is 11.6 Å². The second-order valence-electron chi connectivity index (χ2n) is 5.27. The smallest absolute Gasteiger partial charge is 0.408 e. The monoisotopic (exact) mass is 343 g/mol. The molecule has 0 aliphatic rings. The third-order valence-corrected chi connectivity index (χ3v) is 3.65. The Morgan fingerprint density at radius 2 is 2.04 bits per heavy atom. The van der Waals surface area contributed by atoms with Gasteiger partial charge in [-0.25, -0.2) is 10.2 Å². The van der Waals surface area contributed by atoms with Crippen LogP contribution in [-0.4, -0.2) is 16.7 Å². The second kappa shape index (κ2) is 6.72. The van der Waals surface area contributed by atoms with E-state index in [0.29, 0.717) is 16.1 Å². The Labute approximate surface area is 142 Å². The standard InChI is InChI=1S/C17H14ClN3O3/c1-11-2-7-15-14(8-11)21(17(23)24-15)10-16(22)20-19-9-12-3-5-13(18)6-4-12/h2-9H,10H2,1H3,(H,20,22)/b19-9+. The van der Waals surface area contributed by atoms with Gasteiger partial charge in [-0.15, -0.1) is 0 Å². The molecule has 0 spiro atoms. The minimum Gasteiger partial charge on any atom is -0.408 e. The van der Waals surface area contributed by atoms with Crippen molar-refractivity contribution >= 4 is 34.8 Å². The molecule has 0 saturated carbocycles. The SMILES string of the molecule is Cc1ccc2oc(=O)n(CC(=O)N/N=C/c3ccc(Cl)cc3)c2c1. The van der Waals surface area contributed by atoms with Gasteiger partial charge in [0.15, 0.2) is 5.58 Å². The maximum Gasteiger partial charge on any atom is 0.420 e. The minimum atomic E-state index is -0.576. The molecule has 3 aromatic rings. The van der Waals surface area contributed by atoms with Crippen molar-refractivity contribution in [1.82, 2.24) is 9.99 Å². The van der Waals surface area contributed by atoms with E-state index in [1.165, 1.54) is 10.8 Å². The lowest BCUT2D eigenvalue weighted by Crippen LogP contribution is -2.27. The van der Waals surface area contributed by atoms with Crippen LogP contribution in [0.15, 0.2) is 56.8 Å². The van der Waals surface area contributed by atoms with Gasteiger partial charge in [-0.2, -0.15) is 5.10 Å². The average molecular weight is 344 g/mol. The summed E-state index contributed by atoms with van der Waals surface area (Å²) in [6, 6.07) is 12.3. The number of hydrogen-bond donors (Lipinski definition) is 1. The van der Waals surface area contributed by atoms with E-state index in [1.54, 1.807) is 36.4 Å². The number of halogens is 1. The Bertz CT molecular complexity index is 971. The molecule has 1 heterocycles. The Morgan fingerprint density at radius 1 is 1.29 bits per heavy atom. The highest BCUT2D eigenvalue weighted by molar-refractivity contribution is 6.30. The van der Waals surface area contributed by atoms with Crippen LogP contribution in [-0.2, 0) is 11.3 Å². The lowest BCUT2D eigenvalue weighted by Gasteiger charge is -2.01. The number of hydrogen-bond acceptors (Lipinski definition) is 4. The van der Waals surface area contributed by atoms with Crippen LogP contribution in [0.3, 0.4) is 0 Å². The fourth-order valence-electron chi connectivity index (χ4n) is 2.23. The number of rotatable bonds is 4. The first-order chi connectivity index (χ1) is 11.5. The number of carbonyl (C=O) groups excluding carboxylic acids is 1.